The second-order valence-corrected chi connectivity index (χ2v) is 19.0. The van der Waals surface area contributed by atoms with Crippen molar-refractivity contribution in [2.24, 2.45) is 0 Å². The Bertz CT molecular complexity index is 3170. The Balaban J connectivity index is 1.06. The summed E-state index contributed by atoms with van der Waals surface area (Å²) in [4.78, 5) is 2.52. The number of benzene rings is 9. The van der Waals surface area contributed by atoms with Crippen molar-refractivity contribution < 1.29 is 0 Å². The number of anilines is 3. The fourth-order valence-electron chi connectivity index (χ4n) is 11.6. The van der Waals surface area contributed by atoms with Crippen molar-refractivity contribution in [3.63, 3.8) is 0 Å². The first-order chi connectivity index (χ1) is 30.6. The van der Waals surface area contributed by atoms with Crippen LogP contribution in [0.25, 0.3) is 55.6 Å². The lowest BCUT2D eigenvalue weighted by Gasteiger charge is -2.32. The monoisotopic (exact) mass is 807 g/mol. The van der Waals surface area contributed by atoms with Crippen molar-refractivity contribution >= 4 is 17.1 Å². The number of hydrogen-bond acceptors (Lipinski definition) is 1. The summed E-state index contributed by atoms with van der Waals surface area (Å²) in [6, 6.07) is 77.4. The van der Waals surface area contributed by atoms with E-state index in [-0.39, 0.29) is 10.8 Å². The van der Waals surface area contributed by atoms with Crippen molar-refractivity contribution in [3.05, 3.63) is 245 Å². The molecular formula is C62H49N. The van der Waals surface area contributed by atoms with Crippen LogP contribution in [0, 0.1) is 0 Å². The van der Waals surface area contributed by atoms with Crippen molar-refractivity contribution in [1.29, 1.82) is 0 Å². The van der Waals surface area contributed by atoms with E-state index in [4.69, 9.17) is 0 Å². The van der Waals surface area contributed by atoms with Crippen molar-refractivity contribution in [3.8, 4) is 55.6 Å². The Kier molecular flexibility index (Phi) is 8.13. The second-order valence-electron chi connectivity index (χ2n) is 19.0. The summed E-state index contributed by atoms with van der Waals surface area (Å²) in [5.41, 5.74) is 25.2. The van der Waals surface area contributed by atoms with Crippen LogP contribution in [-0.2, 0) is 16.2 Å². The Hall–Kier alpha value is -7.22. The molecule has 3 aliphatic rings. The standard InChI is InChI=1S/C62H49N/c1-60(2)53-24-14-12-21-48(53)50-34-31-44(37-56(50)60)63(45-32-35-51-49-22-13-15-25-54(49)61(3,4)57(51)38-45)46-33-36-52-58(39-46)62(5,43-19-10-7-11-20-43)55-26-16-23-47(59(52)55)42-29-27-41(28-30-42)40-17-8-6-9-18-40/h6-39H,1-5H3. The van der Waals surface area contributed by atoms with E-state index in [0.29, 0.717) is 0 Å². The number of fused-ring (bicyclic) bond motifs is 9. The van der Waals surface area contributed by atoms with Crippen molar-refractivity contribution in [2.45, 2.75) is 50.9 Å². The largest absolute Gasteiger partial charge is 0.310 e. The lowest BCUT2D eigenvalue weighted by atomic mass is 9.74. The maximum Gasteiger partial charge on any atom is 0.0465 e. The Labute approximate surface area is 372 Å². The zero-order valence-electron chi connectivity index (χ0n) is 36.6. The maximum atomic E-state index is 2.52. The molecule has 0 aliphatic heterocycles. The van der Waals surface area contributed by atoms with E-state index in [9.17, 15) is 0 Å². The molecule has 0 bridgehead atoms. The van der Waals surface area contributed by atoms with Gasteiger partial charge >= 0.3 is 0 Å². The van der Waals surface area contributed by atoms with Gasteiger partial charge in [-0.25, -0.2) is 0 Å². The third kappa shape index (κ3) is 5.42. The van der Waals surface area contributed by atoms with Crippen LogP contribution in [0.1, 0.15) is 73.6 Å². The van der Waals surface area contributed by atoms with Gasteiger partial charge in [-0.2, -0.15) is 0 Å². The Morgan fingerprint density at radius 1 is 0.286 bits per heavy atom. The molecule has 0 saturated carbocycles. The van der Waals surface area contributed by atoms with E-state index in [0.717, 1.165) is 5.69 Å². The second kappa shape index (κ2) is 13.6. The molecule has 0 fully saturated rings. The number of rotatable bonds is 6. The minimum Gasteiger partial charge on any atom is -0.310 e. The smallest absolute Gasteiger partial charge is 0.0465 e. The summed E-state index contributed by atoms with van der Waals surface area (Å²) in [5, 5.41) is 0. The van der Waals surface area contributed by atoms with E-state index in [1.165, 1.54) is 106 Å². The van der Waals surface area contributed by atoms with Crippen LogP contribution in [0.5, 0.6) is 0 Å². The molecule has 9 aromatic rings. The summed E-state index contributed by atoms with van der Waals surface area (Å²) in [6.45, 7) is 12.0. The van der Waals surface area contributed by atoms with Crippen LogP contribution in [0.4, 0.5) is 17.1 Å². The summed E-state index contributed by atoms with van der Waals surface area (Å²) in [7, 11) is 0. The van der Waals surface area contributed by atoms with E-state index in [1.807, 2.05) is 0 Å². The van der Waals surface area contributed by atoms with Gasteiger partial charge in [0.15, 0.2) is 0 Å². The average Bonchev–Trinajstić information content (AvgIpc) is 3.83. The molecule has 0 spiro atoms. The number of hydrogen-bond donors (Lipinski definition) is 0. The zero-order chi connectivity index (χ0) is 42.7. The Morgan fingerprint density at radius 2 is 0.698 bits per heavy atom. The number of nitrogens with zero attached hydrogens (tertiary/aromatic N) is 1. The predicted molar refractivity (Wildman–Crippen MR) is 265 cm³/mol. The van der Waals surface area contributed by atoms with Gasteiger partial charge in [0.2, 0.25) is 0 Å². The SMILES string of the molecule is CC1(C)c2ccccc2-c2ccc(N(c3ccc4c(c3)C(C)(C)c3ccccc3-4)c3ccc4c(c3)C(C)(c3ccccc3)c3cccc(-c5ccc(-c6ccccc6)cc5)c3-4)cc21. The summed E-state index contributed by atoms with van der Waals surface area (Å²) in [5.74, 6) is 0. The molecule has 1 nitrogen and oxygen atoms in total. The van der Waals surface area contributed by atoms with Gasteiger partial charge in [0, 0.05) is 33.3 Å². The van der Waals surface area contributed by atoms with E-state index in [1.54, 1.807) is 0 Å². The van der Waals surface area contributed by atoms with E-state index >= 15 is 0 Å². The summed E-state index contributed by atoms with van der Waals surface area (Å²) < 4.78 is 0. The van der Waals surface area contributed by atoms with Crippen LogP contribution >= 0.6 is 0 Å². The quantitative estimate of drug-likeness (QED) is 0.162. The third-order valence-corrected chi connectivity index (χ3v) is 15.0. The fourth-order valence-corrected chi connectivity index (χ4v) is 11.6. The topological polar surface area (TPSA) is 3.24 Å². The van der Waals surface area contributed by atoms with Gasteiger partial charge in [0.05, 0.1) is 0 Å². The average molecular weight is 808 g/mol. The summed E-state index contributed by atoms with van der Waals surface area (Å²) in [6.07, 6.45) is 0. The van der Waals surface area contributed by atoms with Gasteiger partial charge in [-0.3, -0.25) is 0 Å². The molecular weight excluding hydrogens is 759 g/mol. The van der Waals surface area contributed by atoms with Gasteiger partial charge in [-0.1, -0.05) is 198 Å². The van der Waals surface area contributed by atoms with Crippen LogP contribution < -0.4 is 4.90 Å². The third-order valence-electron chi connectivity index (χ3n) is 15.0. The van der Waals surface area contributed by atoms with Gasteiger partial charge in [-0.05, 0) is 138 Å². The highest BCUT2D eigenvalue weighted by atomic mass is 15.1. The maximum absolute atomic E-state index is 2.52. The molecule has 1 atom stereocenters. The molecule has 0 heterocycles. The molecule has 63 heavy (non-hydrogen) atoms. The molecule has 0 radical (unpaired) electrons. The molecule has 3 aliphatic carbocycles. The van der Waals surface area contributed by atoms with Crippen LogP contribution in [-0.4, -0.2) is 0 Å². The molecule has 1 heteroatoms. The first-order valence-corrected chi connectivity index (χ1v) is 22.4. The molecule has 0 N–H and O–H groups in total. The lowest BCUT2D eigenvalue weighted by Crippen LogP contribution is -2.23. The van der Waals surface area contributed by atoms with Crippen molar-refractivity contribution in [1.82, 2.24) is 0 Å². The molecule has 0 amide bonds. The predicted octanol–water partition coefficient (Wildman–Crippen LogP) is 16.4. The molecule has 1 unspecified atom stereocenters. The van der Waals surface area contributed by atoms with Crippen LogP contribution in [0.3, 0.4) is 0 Å². The van der Waals surface area contributed by atoms with Gasteiger partial charge in [-0.15, -0.1) is 0 Å². The first kappa shape index (κ1) is 37.5. The van der Waals surface area contributed by atoms with E-state index < -0.39 is 5.41 Å². The molecule has 0 aromatic heterocycles. The molecule has 0 saturated heterocycles. The van der Waals surface area contributed by atoms with Gasteiger partial charge in [0.1, 0.15) is 0 Å². The van der Waals surface area contributed by atoms with Gasteiger partial charge in [0.25, 0.3) is 0 Å². The van der Waals surface area contributed by atoms with Crippen LogP contribution in [0.2, 0.25) is 0 Å². The zero-order valence-corrected chi connectivity index (χ0v) is 36.6. The van der Waals surface area contributed by atoms with E-state index in [2.05, 4.69) is 246 Å². The van der Waals surface area contributed by atoms with Crippen molar-refractivity contribution in [2.75, 3.05) is 4.90 Å². The minimum absolute atomic E-state index is 0.129. The van der Waals surface area contributed by atoms with Gasteiger partial charge < -0.3 is 4.90 Å². The highest BCUT2D eigenvalue weighted by Gasteiger charge is 2.43. The Morgan fingerprint density at radius 3 is 1.27 bits per heavy atom. The first-order valence-electron chi connectivity index (χ1n) is 22.4. The normalized spacial score (nSPS) is 16.7. The lowest BCUT2D eigenvalue weighted by molar-refractivity contribution is 0.660. The highest BCUT2D eigenvalue weighted by molar-refractivity contribution is 5.96. The highest BCUT2D eigenvalue weighted by Crippen LogP contribution is 2.58. The minimum atomic E-state index is -0.392. The molecule has 12 rings (SSSR count). The fraction of sp³-hybridized carbons (Fsp3) is 0.129. The summed E-state index contributed by atoms with van der Waals surface area (Å²) >= 11 is 0. The molecule has 9 aromatic carbocycles. The molecule has 302 valence electrons. The van der Waals surface area contributed by atoms with Crippen LogP contribution in [0.15, 0.2) is 206 Å².